The lowest BCUT2D eigenvalue weighted by molar-refractivity contribution is -0.135. The van der Waals surface area contributed by atoms with Gasteiger partial charge < -0.3 is 14.6 Å². The fourth-order valence-electron chi connectivity index (χ4n) is 2.66. The Morgan fingerprint density at radius 2 is 2.00 bits per heavy atom. The maximum Gasteiger partial charge on any atom is 0.332 e. The second kappa shape index (κ2) is 8.35. The van der Waals surface area contributed by atoms with Crippen molar-refractivity contribution >= 4 is 18.0 Å². The van der Waals surface area contributed by atoms with Gasteiger partial charge in [-0.1, -0.05) is 6.07 Å². The number of methoxy groups -OCH3 is 1. The van der Waals surface area contributed by atoms with E-state index in [1.807, 2.05) is 0 Å². The van der Waals surface area contributed by atoms with Crippen molar-refractivity contribution in [2.24, 2.45) is 0 Å². The van der Waals surface area contributed by atoms with Gasteiger partial charge in [0.05, 0.1) is 19.6 Å². The van der Waals surface area contributed by atoms with Gasteiger partial charge in [0.25, 0.3) is 0 Å². The first-order valence-corrected chi connectivity index (χ1v) is 7.75. The number of amides is 1. The van der Waals surface area contributed by atoms with Crippen LogP contribution in [0.4, 0.5) is 0 Å². The average Bonchev–Trinajstić information content (AvgIpc) is 3.07. The van der Waals surface area contributed by atoms with Crippen molar-refractivity contribution in [2.45, 2.75) is 38.2 Å². The summed E-state index contributed by atoms with van der Waals surface area (Å²) in [5.74, 6) is -0.897. The Bertz CT molecular complexity index is 634. The van der Waals surface area contributed by atoms with Crippen molar-refractivity contribution in [3.63, 3.8) is 0 Å². The molecule has 0 unspecified atom stereocenters. The van der Waals surface area contributed by atoms with E-state index in [2.05, 4.69) is 0 Å². The van der Waals surface area contributed by atoms with Gasteiger partial charge in [0.2, 0.25) is 5.91 Å². The number of benzene rings is 1. The third kappa shape index (κ3) is 4.73. The summed E-state index contributed by atoms with van der Waals surface area (Å²) in [7, 11) is 1.54. The first-order chi connectivity index (χ1) is 11.5. The minimum atomic E-state index is -1.23. The number of rotatable bonds is 7. The zero-order chi connectivity index (χ0) is 17.5. The van der Waals surface area contributed by atoms with E-state index >= 15 is 0 Å². The molecule has 1 fully saturated rings. The maximum absolute atomic E-state index is 11.3. The summed E-state index contributed by atoms with van der Waals surface area (Å²) in [5.41, 5.74) is 1.86. The Morgan fingerprint density at radius 1 is 1.29 bits per heavy atom. The van der Waals surface area contributed by atoms with Crippen LogP contribution in [0, 0.1) is 0 Å². The molecule has 0 spiro atoms. The molecule has 130 valence electrons. The Labute approximate surface area is 139 Å². The summed E-state index contributed by atoms with van der Waals surface area (Å²) in [4.78, 5) is 22.5. The smallest absolute Gasteiger partial charge is 0.332 e. The van der Waals surface area contributed by atoms with Crippen LogP contribution in [-0.4, -0.2) is 35.4 Å². The molecular formula is C17H21NO6. The molecule has 1 amide bonds. The van der Waals surface area contributed by atoms with Gasteiger partial charge in [-0.3, -0.25) is 10.0 Å². The van der Waals surface area contributed by atoms with Crippen LogP contribution in [0.5, 0.6) is 11.5 Å². The van der Waals surface area contributed by atoms with Gasteiger partial charge in [0.1, 0.15) is 0 Å². The molecule has 7 heteroatoms. The second-order valence-corrected chi connectivity index (χ2v) is 5.62. The lowest BCUT2D eigenvalue weighted by atomic mass is 10.1. The molecule has 24 heavy (non-hydrogen) atoms. The SMILES string of the molecule is COc1ccc(C=C(CC(=O)NO)C(=O)O)cc1OC1CCCC1. The Balaban J connectivity index is 2.26. The van der Waals surface area contributed by atoms with E-state index in [0.717, 1.165) is 25.7 Å². The van der Waals surface area contributed by atoms with Crippen LogP contribution in [0.15, 0.2) is 23.8 Å². The van der Waals surface area contributed by atoms with Crippen molar-refractivity contribution in [1.82, 2.24) is 5.48 Å². The molecule has 0 aliphatic heterocycles. The summed E-state index contributed by atoms with van der Waals surface area (Å²) in [6.07, 6.45) is 5.31. The van der Waals surface area contributed by atoms with E-state index in [-0.39, 0.29) is 11.7 Å². The third-order valence-corrected chi connectivity index (χ3v) is 3.87. The van der Waals surface area contributed by atoms with Gasteiger partial charge in [-0.2, -0.15) is 0 Å². The molecule has 0 aromatic heterocycles. The number of carbonyl (C=O) groups is 2. The largest absolute Gasteiger partial charge is 0.493 e. The molecule has 1 aliphatic rings. The lowest BCUT2D eigenvalue weighted by Gasteiger charge is -2.16. The Hall–Kier alpha value is -2.54. The summed E-state index contributed by atoms with van der Waals surface area (Å²) in [6, 6.07) is 5.07. The molecule has 1 saturated carbocycles. The van der Waals surface area contributed by atoms with Crippen LogP contribution in [0.1, 0.15) is 37.7 Å². The highest BCUT2D eigenvalue weighted by Gasteiger charge is 2.19. The number of hydrogen-bond donors (Lipinski definition) is 3. The highest BCUT2D eigenvalue weighted by Crippen LogP contribution is 2.33. The van der Waals surface area contributed by atoms with Crippen LogP contribution in [-0.2, 0) is 9.59 Å². The van der Waals surface area contributed by atoms with Gasteiger partial charge in [-0.05, 0) is 49.5 Å². The molecule has 1 aliphatic carbocycles. The van der Waals surface area contributed by atoms with Crippen molar-refractivity contribution in [2.75, 3.05) is 7.11 Å². The van der Waals surface area contributed by atoms with Crippen LogP contribution in [0.3, 0.4) is 0 Å². The quantitative estimate of drug-likeness (QED) is 0.401. The monoisotopic (exact) mass is 335 g/mol. The topological polar surface area (TPSA) is 105 Å². The van der Waals surface area contributed by atoms with Gasteiger partial charge in [0, 0.05) is 5.57 Å². The average molecular weight is 335 g/mol. The van der Waals surface area contributed by atoms with E-state index in [1.54, 1.807) is 25.3 Å². The van der Waals surface area contributed by atoms with Crippen LogP contribution < -0.4 is 15.0 Å². The van der Waals surface area contributed by atoms with E-state index in [9.17, 15) is 14.7 Å². The molecule has 1 aromatic carbocycles. The Kier molecular flexibility index (Phi) is 6.20. The molecule has 7 nitrogen and oxygen atoms in total. The number of carboxylic acids is 1. The van der Waals surface area contributed by atoms with Crippen LogP contribution in [0.25, 0.3) is 6.08 Å². The van der Waals surface area contributed by atoms with Crippen molar-refractivity contribution in [1.29, 1.82) is 0 Å². The minimum absolute atomic E-state index is 0.136. The van der Waals surface area contributed by atoms with E-state index < -0.39 is 18.3 Å². The lowest BCUT2D eigenvalue weighted by Crippen LogP contribution is -2.20. The van der Waals surface area contributed by atoms with Crippen molar-refractivity contribution < 1.29 is 29.4 Å². The maximum atomic E-state index is 11.3. The third-order valence-electron chi connectivity index (χ3n) is 3.87. The molecule has 3 N–H and O–H groups in total. The van der Waals surface area contributed by atoms with Gasteiger partial charge in [0.15, 0.2) is 11.5 Å². The summed E-state index contributed by atoms with van der Waals surface area (Å²) in [6.45, 7) is 0. The second-order valence-electron chi connectivity index (χ2n) is 5.62. The summed E-state index contributed by atoms with van der Waals surface area (Å²) in [5, 5.41) is 17.7. The van der Waals surface area contributed by atoms with Gasteiger partial charge in [-0.25, -0.2) is 10.3 Å². The normalized spacial score (nSPS) is 15.2. The first kappa shape index (κ1) is 17.8. The number of nitrogens with one attached hydrogen (secondary N) is 1. The molecule has 2 rings (SSSR count). The van der Waals surface area contributed by atoms with Crippen molar-refractivity contribution in [3.05, 3.63) is 29.3 Å². The summed E-state index contributed by atoms with van der Waals surface area (Å²) >= 11 is 0. The van der Waals surface area contributed by atoms with Crippen LogP contribution in [0.2, 0.25) is 0 Å². The van der Waals surface area contributed by atoms with E-state index in [0.29, 0.717) is 17.1 Å². The predicted octanol–water partition coefficient (Wildman–Crippen LogP) is 2.38. The fraction of sp³-hybridized carbons (Fsp3) is 0.412. The van der Waals surface area contributed by atoms with E-state index in [4.69, 9.17) is 14.7 Å². The fourth-order valence-corrected chi connectivity index (χ4v) is 2.66. The predicted molar refractivity (Wildman–Crippen MR) is 86.0 cm³/mol. The molecular weight excluding hydrogens is 314 g/mol. The molecule has 1 aromatic rings. The van der Waals surface area contributed by atoms with Gasteiger partial charge in [-0.15, -0.1) is 0 Å². The zero-order valence-electron chi connectivity index (χ0n) is 13.4. The number of aliphatic carboxylic acids is 1. The number of carboxylic acid groups (broad SMARTS) is 1. The molecule has 0 atom stereocenters. The first-order valence-electron chi connectivity index (χ1n) is 7.75. The molecule has 0 heterocycles. The molecule has 0 bridgehead atoms. The number of hydrogen-bond acceptors (Lipinski definition) is 5. The highest BCUT2D eigenvalue weighted by atomic mass is 16.5. The van der Waals surface area contributed by atoms with Gasteiger partial charge >= 0.3 is 5.97 Å². The number of ether oxygens (including phenoxy) is 2. The van der Waals surface area contributed by atoms with E-state index in [1.165, 1.54) is 11.6 Å². The number of hydroxylamine groups is 1. The minimum Gasteiger partial charge on any atom is -0.493 e. The highest BCUT2D eigenvalue weighted by molar-refractivity contribution is 5.98. The molecule has 0 radical (unpaired) electrons. The van der Waals surface area contributed by atoms with Crippen LogP contribution >= 0.6 is 0 Å². The summed E-state index contributed by atoms with van der Waals surface area (Å²) < 4.78 is 11.2. The molecule has 0 saturated heterocycles. The standard InChI is InChI=1S/C17H21NO6/c1-23-14-7-6-11(8-12(17(20)21)10-16(19)18-22)9-15(14)24-13-4-2-3-5-13/h6-9,13,22H,2-5,10H2,1H3,(H,18,19)(H,20,21). The van der Waals surface area contributed by atoms with Crippen molar-refractivity contribution in [3.8, 4) is 11.5 Å². The zero-order valence-corrected chi connectivity index (χ0v) is 13.4. The Morgan fingerprint density at radius 3 is 2.58 bits per heavy atom. The number of carbonyl (C=O) groups excluding carboxylic acids is 1.